The SMILES string of the molecule is CC1(C)O[C@@H]2C[C@H]3[C@@H]4CCC5=CC(=O)C=C[C@]5(C)[C@@]4(F)[C@@H](O)C[C@]3(C)[C@]2(C(=O)COC(=O)c2ccc(C(=O)ON3C(=O)CCC3=O)cc2)O1. The molecule has 0 radical (unpaired) electrons. The number of Topliss-reactive ketones (excluding diaryl/α,β-unsaturated/α-hetero) is 1. The Labute approximate surface area is 281 Å². The third kappa shape index (κ3) is 4.65. The van der Waals surface area contributed by atoms with Crippen LogP contribution in [0.15, 0.2) is 48.1 Å². The highest BCUT2D eigenvalue weighted by molar-refractivity contribution is 6.03. The van der Waals surface area contributed by atoms with Crippen molar-refractivity contribution in [3.8, 4) is 0 Å². The number of aliphatic hydroxyl groups excluding tert-OH is 1. The molecular weight excluding hydrogens is 641 g/mol. The van der Waals surface area contributed by atoms with Gasteiger partial charge in [-0.15, -0.1) is 5.06 Å². The summed E-state index contributed by atoms with van der Waals surface area (Å²) in [6.07, 6.45) is 2.96. The van der Waals surface area contributed by atoms with Gasteiger partial charge >= 0.3 is 11.9 Å². The minimum Gasteiger partial charge on any atom is -0.454 e. The number of aliphatic hydroxyl groups is 1. The summed E-state index contributed by atoms with van der Waals surface area (Å²) < 4.78 is 35.9. The second-order valence-corrected chi connectivity index (χ2v) is 14.9. The number of alkyl halides is 1. The van der Waals surface area contributed by atoms with Crippen LogP contribution in [0.1, 0.15) is 86.9 Å². The summed E-state index contributed by atoms with van der Waals surface area (Å²) in [6.45, 7) is 6.19. The van der Waals surface area contributed by atoms with Crippen molar-refractivity contribution in [3.05, 3.63) is 59.2 Å². The number of ether oxygens (including phenoxy) is 3. The molecule has 0 spiro atoms. The molecule has 7 rings (SSSR count). The van der Waals surface area contributed by atoms with Crippen molar-refractivity contribution >= 4 is 35.3 Å². The molecule has 12 nitrogen and oxygen atoms in total. The fourth-order valence-corrected chi connectivity index (χ4v) is 9.67. The number of ketones is 2. The van der Waals surface area contributed by atoms with Crippen molar-refractivity contribution in [1.82, 2.24) is 5.06 Å². The molecule has 1 aromatic rings. The smallest absolute Gasteiger partial charge is 0.363 e. The van der Waals surface area contributed by atoms with Crippen LogP contribution in [0.4, 0.5) is 4.39 Å². The molecule has 0 bridgehead atoms. The van der Waals surface area contributed by atoms with Crippen LogP contribution in [0.5, 0.6) is 0 Å². The van der Waals surface area contributed by atoms with Crippen LogP contribution in [-0.2, 0) is 38.2 Å². The number of fused-ring (bicyclic) bond motifs is 7. The summed E-state index contributed by atoms with van der Waals surface area (Å²) in [5.41, 5.74) is -5.43. The predicted molar refractivity (Wildman–Crippen MR) is 165 cm³/mol. The Morgan fingerprint density at radius 3 is 2.24 bits per heavy atom. The molecule has 6 aliphatic rings. The average Bonchev–Trinajstić information content (AvgIpc) is 3.61. The maximum atomic E-state index is 17.6. The number of allylic oxidation sites excluding steroid dienone is 4. The molecule has 260 valence electrons. The molecule has 8 atom stereocenters. The highest BCUT2D eigenvalue weighted by Gasteiger charge is 2.80. The number of amides is 2. The summed E-state index contributed by atoms with van der Waals surface area (Å²) in [5.74, 6) is -6.19. The largest absolute Gasteiger partial charge is 0.454 e. The summed E-state index contributed by atoms with van der Waals surface area (Å²) in [4.78, 5) is 80.5. The third-order valence-electron chi connectivity index (χ3n) is 11.9. The minimum atomic E-state index is -2.11. The summed E-state index contributed by atoms with van der Waals surface area (Å²) in [6, 6.07) is 5.08. The van der Waals surface area contributed by atoms with E-state index in [1.165, 1.54) is 36.4 Å². The Morgan fingerprint density at radius 2 is 1.59 bits per heavy atom. The van der Waals surface area contributed by atoms with Gasteiger partial charge in [-0.25, -0.2) is 14.0 Å². The van der Waals surface area contributed by atoms with Crippen molar-refractivity contribution in [2.45, 2.75) is 95.5 Å². The summed E-state index contributed by atoms with van der Waals surface area (Å²) >= 11 is 0. The molecular formula is C36H38FNO11. The predicted octanol–water partition coefficient (Wildman–Crippen LogP) is 3.50. The van der Waals surface area contributed by atoms with Crippen LogP contribution in [-0.4, -0.2) is 81.4 Å². The van der Waals surface area contributed by atoms with Crippen molar-refractivity contribution < 1.29 is 57.3 Å². The Bertz CT molecular complexity index is 1730. The van der Waals surface area contributed by atoms with E-state index in [0.717, 1.165) is 0 Å². The number of rotatable bonds is 6. The molecule has 4 aliphatic carbocycles. The lowest BCUT2D eigenvalue weighted by Gasteiger charge is -2.62. The number of esters is 1. The van der Waals surface area contributed by atoms with Gasteiger partial charge in [0.15, 0.2) is 29.4 Å². The van der Waals surface area contributed by atoms with Crippen LogP contribution in [0.2, 0.25) is 0 Å². The Morgan fingerprint density at radius 1 is 0.959 bits per heavy atom. The number of benzene rings is 1. The molecule has 2 heterocycles. The van der Waals surface area contributed by atoms with Crippen molar-refractivity contribution in [3.63, 3.8) is 0 Å². The number of nitrogens with zero attached hydrogens (tertiary/aromatic N) is 1. The molecule has 1 aromatic carbocycles. The van der Waals surface area contributed by atoms with Gasteiger partial charge in [0, 0.05) is 29.6 Å². The van der Waals surface area contributed by atoms with E-state index in [1.54, 1.807) is 26.8 Å². The molecule has 3 saturated carbocycles. The van der Waals surface area contributed by atoms with E-state index in [4.69, 9.17) is 19.0 Å². The second kappa shape index (κ2) is 11.0. The first-order valence-electron chi connectivity index (χ1n) is 16.5. The van der Waals surface area contributed by atoms with E-state index in [9.17, 15) is 33.9 Å². The number of hydroxylamine groups is 2. The van der Waals surface area contributed by atoms with Crippen LogP contribution in [0.25, 0.3) is 0 Å². The van der Waals surface area contributed by atoms with Gasteiger partial charge in [0.2, 0.25) is 5.78 Å². The van der Waals surface area contributed by atoms with Gasteiger partial charge < -0.3 is 24.2 Å². The molecule has 2 aliphatic heterocycles. The minimum absolute atomic E-state index is 0.0137. The Kier molecular flexibility index (Phi) is 7.48. The second-order valence-electron chi connectivity index (χ2n) is 14.9. The zero-order valence-corrected chi connectivity index (χ0v) is 27.7. The first-order valence-corrected chi connectivity index (χ1v) is 16.5. The van der Waals surface area contributed by atoms with Gasteiger partial charge in [0.25, 0.3) is 11.8 Å². The lowest BCUT2D eigenvalue weighted by atomic mass is 9.44. The van der Waals surface area contributed by atoms with E-state index in [1.807, 2.05) is 6.92 Å². The third-order valence-corrected chi connectivity index (χ3v) is 11.9. The number of imide groups is 1. The van der Waals surface area contributed by atoms with Gasteiger partial charge in [0.05, 0.1) is 23.3 Å². The van der Waals surface area contributed by atoms with Crippen molar-refractivity contribution in [1.29, 1.82) is 0 Å². The summed E-state index contributed by atoms with van der Waals surface area (Å²) in [7, 11) is 0. The van der Waals surface area contributed by atoms with E-state index in [-0.39, 0.29) is 42.6 Å². The maximum Gasteiger partial charge on any atom is 0.363 e. The quantitative estimate of drug-likeness (QED) is 0.346. The maximum absolute atomic E-state index is 17.6. The Balaban J connectivity index is 1.10. The molecule has 13 heteroatoms. The molecule has 0 unspecified atom stereocenters. The molecule has 0 aromatic heterocycles. The standard InChI is InChI=1S/C36H38FNO11/c1-32(2)47-27-16-24-23-10-9-21-15-22(39)13-14-33(21,3)35(23,37)25(40)17-34(24,4)36(27,49-32)26(41)18-46-30(44)19-5-7-20(8-6-19)31(45)48-38-28(42)11-12-29(38)43/h5-8,13-15,23-25,27,40H,9-12,16-18H2,1-4H3/t23-,24-,25-,27+,33-,34-,35-,36+/m0/s1. The topological polar surface area (TPSA) is 163 Å². The van der Waals surface area contributed by atoms with E-state index < -0.39 is 88.1 Å². The van der Waals surface area contributed by atoms with Crippen LogP contribution < -0.4 is 0 Å². The van der Waals surface area contributed by atoms with Crippen LogP contribution in [0, 0.1) is 22.7 Å². The normalized spacial score (nSPS) is 38.7. The van der Waals surface area contributed by atoms with Crippen molar-refractivity contribution in [2.24, 2.45) is 22.7 Å². The fraction of sp³-hybridized carbons (Fsp3) is 0.556. The first kappa shape index (κ1) is 33.4. The van der Waals surface area contributed by atoms with E-state index >= 15 is 4.39 Å². The molecule has 49 heavy (non-hydrogen) atoms. The fourth-order valence-electron chi connectivity index (χ4n) is 9.67. The van der Waals surface area contributed by atoms with Crippen molar-refractivity contribution in [2.75, 3.05) is 6.61 Å². The van der Waals surface area contributed by atoms with Gasteiger partial charge in [-0.05, 0) is 88.8 Å². The van der Waals surface area contributed by atoms with Crippen LogP contribution in [0.3, 0.4) is 0 Å². The van der Waals surface area contributed by atoms with Gasteiger partial charge in [-0.1, -0.05) is 18.6 Å². The van der Waals surface area contributed by atoms with E-state index in [2.05, 4.69) is 0 Å². The number of hydrogen-bond acceptors (Lipinski definition) is 11. The lowest BCUT2D eigenvalue weighted by Crippen LogP contribution is -2.70. The number of carbonyl (C=O) groups is 6. The highest BCUT2D eigenvalue weighted by atomic mass is 19.1. The summed E-state index contributed by atoms with van der Waals surface area (Å²) in [5, 5.41) is 12.2. The molecule has 2 amide bonds. The van der Waals surface area contributed by atoms with Gasteiger partial charge in [-0.2, -0.15) is 0 Å². The van der Waals surface area contributed by atoms with Gasteiger partial charge in [0.1, 0.15) is 0 Å². The Hall–Kier alpha value is -4.07. The highest BCUT2D eigenvalue weighted by Crippen LogP contribution is 2.72. The average molecular weight is 680 g/mol. The van der Waals surface area contributed by atoms with Gasteiger partial charge in [-0.3, -0.25) is 19.2 Å². The molecule has 2 saturated heterocycles. The zero-order chi connectivity index (χ0) is 35.3. The first-order chi connectivity index (χ1) is 23.0. The zero-order valence-electron chi connectivity index (χ0n) is 27.7. The van der Waals surface area contributed by atoms with E-state index in [0.29, 0.717) is 23.5 Å². The lowest BCUT2D eigenvalue weighted by molar-refractivity contribution is -0.246. The monoisotopic (exact) mass is 679 g/mol. The van der Waals surface area contributed by atoms with Crippen LogP contribution >= 0.6 is 0 Å². The molecule has 1 N–H and O–H groups in total. The molecule has 5 fully saturated rings. The number of carbonyl (C=O) groups excluding carboxylic acids is 6. The number of hydrogen-bond donors (Lipinski definition) is 1. The number of halogens is 1.